The molecule has 0 bridgehead atoms. The minimum Gasteiger partial charge on any atom is -0.481 e. The number of carbonyl (C=O) groups is 1. The summed E-state index contributed by atoms with van der Waals surface area (Å²) in [5.74, 6) is -1.21. The van der Waals surface area contributed by atoms with Gasteiger partial charge in [0.1, 0.15) is 0 Å². The van der Waals surface area contributed by atoms with Crippen molar-refractivity contribution in [3.63, 3.8) is 0 Å². The largest absolute Gasteiger partial charge is 0.481 e. The molecular formula is C25H24F3NO3S. The maximum atomic E-state index is 13.1. The number of nitrogens with zero attached hydrogens (tertiary/aromatic N) is 1. The predicted octanol–water partition coefficient (Wildman–Crippen LogP) is 7.10. The molecule has 0 saturated carbocycles. The number of fused-ring (bicyclic) bond motifs is 2. The van der Waals surface area contributed by atoms with Crippen molar-refractivity contribution in [3.05, 3.63) is 69.1 Å². The van der Waals surface area contributed by atoms with Crippen molar-refractivity contribution in [2.45, 2.75) is 58.2 Å². The van der Waals surface area contributed by atoms with E-state index in [9.17, 15) is 23.1 Å². The topological polar surface area (TPSA) is 58.9 Å². The van der Waals surface area contributed by atoms with Gasteiger partial charge in [-0.2, -0.15) is 13.2 Å². The van der Waals surface area contributed by atoms with Crippen LogP contribution < -0.4 is 0 Å². The molecule has 4 nitrogen and oxygen atoms in total. The molecule has 0 fully saturated rings. The molecule has 0 amide bonds. The first-order chi connectivity index (χ1) is 15.6. The Morgan fingerprint density at radius 2 is 2.00 bits per heavy atom. The number of benzene rings is 2. The van der Waals surface area contributed by atoms with Crippen LogP contribution in [-0.4, -0.2) is 16.8 Å². The fourth-order valence-electron chi connectivity index (χ4n) is 4.41. The van der Waals surface area contributed by atoms with E-state index in [4.69, 9.17) is 4.84 Å². The average Bonchev–Trinajstić information content (AvgIpc) is 3.33. The number of rotatable bonds is 6. The lowest BCUT2D eigenvalue weighted by Gasteiger charge is -2.10. The van der Waals surface area contributed by atoms with E-state index in [1.807, 2.05) is 32.0 Å². The van der Waals surface area contributed by atoms with Crippen molar-refractivity contribution in [1.82, 2.24) is 0 Å². The smallest absolute Gasteiger partial charge is 0.416 e. The second-order valence-corrected chi connectivity index (χ2v) is 9.73. The van der Waals surface area contributed by atoms with Crippen molar-refractivity contribution < 1.29 is 27.9 Å². The molecule has 1 atom stereocenters. The van der Waals surface area contributed by atoms with Gasteiger partial charge in [0.15, 0.2) is 6.61 Å². The van der Waals surface area contributed by atoms with Gasteiger partial charge in [-0.25, -0.2) is 0 Å². The third kappa shape index (κ3) is 4.62. The average molecular weight is 476 g/mol. The molecule has 1 aromatic heterocycles. The van der Waals surface area contributed by atoms with E-state index < -0.39 is 23.6 Å². The van der Waals surface area contributed by atoms with Gasteiger partial charge < -0.3 is 9.94 Å². The summed E-state index contributed by atoms with van der Waals surface area (Å²) in [5, 5.41) is 14.4. The third-order valence-electron chi connectivity index (χ3n) is 6.05. The zero-order valence-electron chi connectivity index (χ0n) is 18.5. The van der Waals surface area contributed by atoms with E-state index in [2.05, 4.69) is 5.16 Å². The minimum atomic E-state index is -4.39. The monoisotopic (exact) mass is 475 g/mol. The van der Waals surface area contributed by atoms with Crippen LogP contribution in [0.5, 0.6) is 0 Å². The number of oxime groups is 1. The molecule has 4 rings (SSSR count). The van der Waals surface area contributed by atoms with Crippen molar-refractivity contribution in [2.24, 2.45) is 5.16 Å². The zero-order valence-corrected chi connectivity index (χ0v) is 19.3. The summed E-state index contributed by atoms with van der Waals surface area (Å²) >= 11 is 1.29. The molecule has 8 heteroatoms. The van der Waals surface area contributed by atoms with Gasteiger partial charge >= 0.3 is 12.1 Å². The predicted molar refractivity (Wildman–Crippen MR) is 123 cm³/mol. The molecule has 174 valence electrons. The summed E-state index contributed by atoms with van der Waals surface area (Å²) in [7, 11) is 0. The Balaban J connectivity index is 1.57. The molecule has 3 aromatic rings. The summed E-state index contributed by atoms with van der Waals surface area (Å²) in [6, 6.07) is 9.54. The fourth-order valence-corrected chi connectivity index (χ4v) is 5.71. The van der Waals surface area contributed by atoms with Gasteiger partial charge in [-0.1, -0.05) is 37.2 Å². The molecule has 0 saturated heterocycles. The summed E-state index contributed by atoms with van der Waals surface area (Å²) in [6.07, 6.45) is -3.04. The number of aryl methyl sites for hydroxylation is 1. The highest BCUT2D eigenvalue weighted by molar-refractivity contribution is 7.19. The lowest BCUT2D eigenvalue weighted by molar-refractivity contribution is -0.139. The van der Waals surface area contributed by atoms with E-state index in [1.54, 1.807) is 6.92 Å². The standard InChI is InChI=1S/C25H24F3NO3S/c1-13(2)23-19-9-7-17(25(26,27)28)11-21(19)33-22(23)12-32-29-14(3)16-5-4-15-6-8-18(24(30)31)20(15)10-16/h4-5,7,9-11,13,18H,6,8,12H2,1-3H3,(H,30,31)/b29-14-. The lowest BCUT2D eigenvalue weighted by atomic mass is 9.98. The Labute approximate surface area is 193 Å². The van der Waals surface area contributed by atoms with Crippen molar-refractivity contribution in [2.75, 3.05) is 0 Å². The van der Waals surface area contributed by atoms with Crippen LogP contribution >= 0.6 is 11.3 Å². The second-order valence-electron chi connectivity index (χ2n) is 8.60. The summed E-state index contributed by atoms with van der Waals surface area (Å²) in [6.45, 7) is 5.94. The molecule has 1 aliphatic carbocycles. The number of hydrogen-bond acceptors (Lipinski definition) is 4. The van der Waals surface area contributed by atoms with E-state index >= 15 is 0 Å². The Bertz CT molecular complexity index is 1240. The summed E-state index contributed by atoms with van der Waals surface area (Å²) in [5.41, 5.74) is 3.58. The van der Waals surface area contributed by atoms with Crippen molar-refractivity contribution in [1.29, 1.82) is 0 Å². The molecule has 0 radical (unpaired) electrons. The van der Waals surface area contributed by atoms with Crippen LogP contribution in [0.1, 0.15) is 71.7 Å². The van der Waals surface area contributed by atoms with Gasteiger partial charge in [-0.05, 0) is 71.5 Å². The number of alkyl halides is 3. The summed E-state index contributed by atoms with van der Waals surface area (Å²) < 4.78 is 39.9. The van der Waals surface area contributed by atoms with Gasteiger partial charge in [0.25, 0.3) is 0 Å². The van der Waals surface area contributed by atoms with Crippen LogP contribution in [0, 0.1) is 0 Å². The quantitative estimate of drug-likeness (QED) is 0.306. The molecule has 1 unspecified atom stereocenters. The Kier molecular flexibility index (Phi) is 6.22. The number of thiophene rings is 1. The zero-order chi connectivity index (χ0) is 23.9. The van der Waals surface area contributed by atoms with Gasteiger partial charge in [0, 0.05) is 9.58 Å². The Hall–Kier alpha value is -2.87. The van der Waals surface area contributed by atoms with Gasteiger partial charge in [-0.15, -0.1) is 11.3 Å². The number of halogens is 3. The Morgan fingerprint density at radius 3 is 2.67 bits per heavy atom. The highest BCUT2D eigenvalue weighted by atomic mass is 32.1. The lowest BCUT2D eigenvalue weighted by Crippen LogP contribution is -2.08. The first-order valence-electron chi connectivity index (χ1n) is 10.7. The van der Waals surface area contributed by atoms with E-state index in [-0.39, 0.29) is 12.5 Å². The normalized spacial score (nSPS) is 16.5. The van der Waals surface area contributed by atoms with E-state index in [1.165, 1.54) is 23.5 Å². The molecule has 2 aromatic carbocycles. The fraction of sp³-hybridized carbons (Fsp3) is 0.360. The third-order valence-corrected chi connectivity index (χ3v) is 7.19. The van der Waals surface area contributed by atoms with Gasteiger partial charge in [-0.3, -0.25) is 4.79 Å². The van der Waals surface area contributed by atoms with Crippen LogP contribution in [0.2, 0.25) is 0 Å². The molecule has 1 heterocycles. The first kappa shape index (κ1) is 23.3. The second kappa shape index (κ2) is 8.82. The number of hydrogen-bond donors (Lipinski definition) is 1. The van der Waals surface area contributed by atoms with Crippen LogP contribution in [0.3, 0.4) is 0 Å². The molecule has 0 aliphatic heterocycles. The van der Waals surface area contributed by atoms with Crippen LogP contribution in [0.15, 0.2) is 41.6 Å². The minimum absolute atomic E-state index is 0.115. The first-order valence-corrected chi connectivity index (χ1v) is 11.5. The SMILES string of the molecule is C/C(=N/OCc1sc2cc(C(F)(F)F)ccc2c1C(C)C)c1ccc2c(c1)C(C(=O)O)CC2. The van der Waals surface area contributed by atoms with Crippen LogP contribution in [0.4, 0.5) is 13.2 Å². The maximum absolute atomic E-state index is 13.1. The highest BCUT2D eigenvalue weighted by Gasteiger charge is 2.31. The van der Waals surface area contributed by atoms with E-state index in [0.717, 1.165) is 45.0 Å². The number of carboxylic acid groups (broad SMARTS) is 1. The van der Waals surface area contributed by atoms with Crippen molar-refractivity contribution >= 4 is 33.1 Å². The number of aliphatic carboxylic acids is 1. The molecule has 0 spiro atoms. The van der Waals surface area contributed by atoms with Gasteiger partial charge in [0.2, 0.25) is 0 Å². The molecule has 1 N–H and O–H groups in total. The molecule has 1 aliphatic rings. The van der Waals surface area contributed by atoms with E-state index in [0.29, 0.717) is 16.8 Å². The number of carboxylic acids is 1. The molecular weight excluding hydrogens is 451 g/mol. The van der Waals surface area contributed by atoms with Crippen LogP contribution in [0.25, 0.3) is 10.1 Å². The van der Waals surface area contributed by atoms with Gasteiger partial charge in [0.05, 0.1) is 17.2 Å². The van der Waals surface area contributed by atoms with Crippen LogP contribution in [-0.2, 0) is 28.8 Å². The van der Waals surface area contributed by atoms with Crippen molar-refractivity contribution in [3.8, 4) is 0 Å². The summed E-state index contributed by atoms with van der Waals surface area (Å²) in [4.78, 5) is 17.9. The highest BCUT2D eigenvalue weighted by Crippen LogP contribution is 2.40. The maximum Gasteiger partial charge on any atom is 0.416 e. The molecule has 33 heavy (non-hydrogen) atoms. The Morgan fingerprint density at radius 1 is 1.24 bits per heavy atom.